The van der Waals surface area contributed by atoms with Crippen molar-refractivity contribution in [2.24, 2.45) is 11.1 Å². The van der Waals surface area contributed by atoms with Crippen LogP contribution in [-0.4, -0.2) is 33.4 Å². The maximum Gasteiger partial charge on any atom is 0.311 e. The Labute approximate surface area is 122 Å². The van der Waals surface area contributed by atoms with Gasteiger partial charge in [-0.3, -0.25) is 9.59 Å². The molecule has 0 aliphatic carbocycles. The van der Waals surface area contributed by atoms with E-state index in [1.807, 2.05) is 0 Å². The number of carbonyl (C=O) groups excluding carboxylic acids is 2. The van der Waals surface area contributed by atoms with E-state index in [4.69, 9.17) is 9.88 Å². The summed E-state index contributed by atoms with van der Waals surface area (Å²) in [6.45, 7) is 2.21. The van der Waals surface area contributed by atoms with Crippen LogP contribution in [0.25, 0.3) is 0 Å². The summed E-state index contributed by atoms with van der Waals surface area (Å²) in [5.74, 6) is -1.08. The number of carbonyl (C=O) groups is 2. The zero-order chi connectivity index (χ0) is 15.6. The van der Waals surface area contributed by atoms with Crippen LogP contribution >= 0.6 is 0 Å². The van der Waals surface area contributed by atoms with Gasteiger partial charge in [0.25, 0.3) is 0 Å². The van der Waals surface area contributed by atoms with E-state index in [0.29, 0.717) is 5.69 Å². The zero-order valence-electron chi connectivity index (χ0n) is 11.5. The van der Waals surface area contributed by atoms with Gasteiger partial charge in [0.2, 0.25) is 15.9 Å². The van der Waals surface area contributed by atoms with E-state index in [1.165, 1.54) is 29.2 Å². The lowest BCUT2D eigenvalue weighted by molar-refractivity contribution is -0.147. The molecule has 1 unspecified atom stereocenters. The molecule has 0 radical (unpaired) electrons. The molecular weight excluding hydrogens is 296 g/mol. The van der Waals surface area contributed by atoms with Crippen molar-refractivity contribution < 1.29 is 22.7 Å². The van der Waals surface area contributed by atoms with Crippen LogP contribution in [-0.2, 0) is 24.3 Å². The van der Waals surface area contributed by atoms with Crippen LogP contribution in [0.2, 0.25) is 0 Å². The summed E-state index contributed by atoms with van der Waals surface area (Å²) in [5, 5.41) is 5.01. The molecule has 1 amide bonds. The lowest BCUT2D eigenvalue weighted by Crippen LogP contribution is -2.26. The van der Waals surface area contributed by atoms with Crippen LogP contribution in [0, 0.1) is 5.92 Å². The van der Waals surface area contributed by atoms with Crippen molar-refractivity contribution >= 4 is 27.6 Å². The number of nitrogens with two attached hydrogens (primary N) is 1. The first-order valence-electron chi connectivity index (χ1n) is 6.42. The number of hydrogen-bond donors (Lipinski definition) is 1. The lowest BCUT2D eigenvalue weighted by atomic mass is 10.1. The number of nitrogens with zero attached hydrogens (tertiary/aromatic N) is 1. The quantitative estimate of drug-likeness (QED) is 0.802. The van der Waals surface area contributed by atoms with Gasteiger partial charge < -0.3 is 9.64 Å². The highest BCUT2D eigenvalue weighted by Crippen LogP contribution is 2.26. The Balaban J connectivity index is 2.16. The Morgan fingerprint density at radius 1 is 1.38 bits per heavy atom. The predicted octanol–water partition coefficient (Wildman–Crippen LogP) is 0.250. The highest BCUT2D eigenvalue weighted by molar-refractivity contribution is 7.89. The van der Waals surface area contributed by atoms with Crippen molar-refractivity contribution in [3.05, 3.63) is 24.3 Å². The second-order valence-electron chi connectivity index (χ2n) is 4.70. The molecule has 0 spiro atoms. The largest absolute Gasteiger partial charge is 0.466 e. The number of ether oxygens (including phenoxy) is 1. The van der Waals surface area contributed by atoms with Gasteiger partial charge in [0.15, 0.2) is 0 Å². The first-order chi connectivity index (χ1) is 9.82. The summed E-state index contributed by atoms with van der Waals surface area (Å²) in [6.07, 6.45) is 0.0930. The van der Waals surface area contributed by atoms with E-state index < -0.39 is 21.9 Å². The molecule has 1 saturated heterocycles. The van der Waals surface area contributed by atoms with Gasteiger partial charge in [-0.2, -0.15) is 0 Å². The third-order valence-corrected chi connectivity index (χ3v) is 4.15. The van der Waals surface area contributed by atoms with Crippen LogP contribution in [0.1, 0.15) is 13.3 Å². The Kier molecular flexibility index (Phi) is 4.29. The number of sulfonamides is 1. The summed E-state index contributed by atoms with van der Waals surface area (Å²) in [4.78, 5) is 25.0. The summed E-state index contributed by atoms with van der Waals surface area (Å²) < 4.78 is 27.3. The van der Waals surface area contributed by atoms with Crippen molar-refractivity contribution in [2.45, 2.75) is 18.2 Å². The average Bonchev–Trinajstić information content (AvgIpc) is 2.80. The van der Waals surface area contributed by atoms with E-state index in [9.17, 15) is 18.0 Å². The van der Waals surface area contributed by atoms with Crippen molar-refractivity contribution in [3.63, 3.8) is 0 Å². The maximum atomic E-state index is 12.0. The number of rotatable bonds is 4. The van der Waals surface area contributed by atoms with Crippen molar-refractivity contribution in [1.82, 2.24) is 0 Å². The molecule has 0 aromatic heterocycles. The molecule has 8 heteroatoms. The van der Waals surface area contributed by atoms with Crippen LogP contribution in [0.3, 0.4) is 0 Å². The Hall–Kier alpha value is -1.93. The molecule has 21 heavy (non-hydrogen) atoms. The van der Waals surface area contributed by atoms with Crippen molar-refractivity contribution in [1.29, 1.82) is 0 Å². The molecule has 2 N–H and O–H groups in total. The number of primary sulfonamides is 1. The van der Waals surface area contributed by atoms with Crippen molar-refractivity contribution in [3.8, 4) is 0 Å². The molecule has 1 heterocycles. The van der Waals surface area contributed by atoms with Gasteiger partial charge in [-0.1, -0.05) is 0 Å². The average molecular weight is 312 g/mol. The van der Waals surface area contributed by atoms with E-state index in [1.54, 1.807) is 6.92 Å². The SMILES string of the molecule is CCOC(=O)C1CC(=O)N(c2ccc(S(N)(=O)=O)cc2)C1. The number of anilines is 1. The molecule has 0 bridgehead atoms. The van der Waals surface area contributed by atoms with Crippen LogP contribution in [0.5, 0.6) is 0 Å². The van der Waals surface area contributed by atoms with Gasteiger partial charge in [0, 0.05) is 18.7 Å². The maximum absolute atomic E-state index is 12.0. The van der Waals surface area contributed by atoms with Crippen LogP contribution < -0.4 is 10.0 Å². The fraction of sp³-hybridized carbons (Fsp3) is 0.385. The van der Waals surface area contributed by atoms with Crippen LogP contribution in [0.4, 0.5) is 5.69 Å². The van der Waals surface area contributed by atoms with E-state index in [2.05, 4.69) is 0 Å². The molecule has 1 atom stereocenters. The number of esters is 1. The second kappa shape index (κ2) is 5.82. The zero-order valence-corrected chi connectivity index (χ0v) is 12.3. The molecular formula is C13H16N2O5S. The molecule has 1 aliphatic rings. The number of benzene rings is 1. The van der Waals surface area contributed by atoms with Crippen molar-refractivity contribution in [2.75, 3.05) is 18.1 Å². The van der Waals surface area contributed by atoms with Gasteiger partial charge in [-0.15, -0.1) is 0 Å². The topological polar surface area (TPSA) is 107 Å². The van der Waals surface area contributed by atoms with Gasteiger partial charge >= 0.3 is 5.97 Å². The lowest BCUT2D eigenvalue weighted by Gasteiger charge is -2.16. The summed E-state index contributed by atoms with van der Waals surface area (Å²) >= 11 is 0. The third-order valence-electron chi connectivity index (χ3n) is 3.22. The first-order valence-corrected chi connectivity index (χ1v) is 7.97. The smallest absolute Gasteiger partial charge is 0.311 e. The molecule has 114 valence electrons. The van der Waals surface area contributed by atoms with Gasteiger partial charge in [-0.25, -0.2) is 13.6 Å². The number of amides is 1. The number of hydrogen-bond acceptors (Lipinski definition) is 5. The Morgan fingerprint density at radius 3 is 2.52 bits per heavy atom. The van der Waals surface area contributed by atoms with Gasteiger partial charge in [-0.05, 0) is 31.2 Å². The third kappa shape index (κ3) is 3.40. The molecule has 1 fully saturated rings. The first kappa shape index (κ1) is 15.5. The molecule has 1 aliphatic heterocycles. The van der Waals surface area contributed by atoms with Gasteiger partial charge in [0.1, 0.15) is 0 Å². The predicted molar refractivity (Wildman–Crippen MR) is 74.9 cm³/mol. The fourth-order valence-electron chi connectivity index (χ4n) is 2.19. The van der Waals surface area contributed by atoms with E-state index >= 15 is 0 Å². The molecule has 7 nitrogen and oxygen atoms in total. The second-order valence-corrected chi connectivity index (χ2v) is 6.26. The molecule has 0 saturated carbocycles. The highest BCUT2D eigenvalue weighted by Gasteiger charge is 2.36. The normalized spacial score (nSPS) is 18.9. The van der Waals surface area contributed by atoms with E-state index in [-0.39, 0.29) is 30.4 Å². The summed E-state index contributed by atoms with van der Waals surface area (Å²) in [5.41, 5.74) is 0.527. The standard InChI is InChI=1S/C13H16N2O5S/c1-2-20-13(17)9-7-12(16)15(8-9)10-3-5-11(6-4-10)21(14,18)19/h3-6,9H,2,7-8H2,1H3,(H2,14,18,19). The molecule has 2 rings (SSSR count). The van der Waals surface area contributed by atoms with Crippen LogP contribution in [0.15, 0.2) is 29.2 Å². The van der Waals surface area contributed by atoms with E-state index in [0.717, 1.165) is 0 Å². The summed E-state index contributed by atoms with van der Waals surface area (Å²) in [6, 6.07) is 5.64. The minimum atomic E-state index is -3.77. The minimum absolute atomic E-state index is 0.0279. The molecule has 1 aromatic rings. The Bertz CT molecular complexity index is 654. The fourth-order valence-corrected chi connectivity index (χ4v) is 2.71. The minimum Gasteiger partial charge on any atom is -0.466 e. The highest BCUT2D eigenvalue weighted by atomic mass is 32.2. The summed E-state index contributed by atoms with van der Waals surface area (Å²) in [7, 11) is -3.77. The van der Waals surface area contributed by atoms with Gasteiger partial charge in [0.05, 0.1) is 17.4 Å². The molecule has 1 aromatic carbocycles. The monoisotopic (exact) mass is 312 g/mol. The Morgan fingerprint density at radius 2 is 2.00 bits per heavy atom.